The first-order chi connectivity index (χ1) is 8.94. The maximum Gasteiger partial charge on any atom is 0.124 e. The largest absolute Gasteiger partial charge is 0.313 e. The van der Waals surface area contributed by atoms with E-state index in [9.17, 15) is 4.39 Å². The van der Waals surface area contributed by atoms with Gasteiger partial charge in [0.05, 0.1) is 0 Å². The average molecular weight is 284 g/mol. The van der Waals surface area contributed by atoms with E-state index in [0.29, 0.717) is 22.4 Å². The monoisotopic (exact) mass is 283 g/mol. The van der Waals surface area contributed by atoms with Crippen LogP contribution in [0.15, 0.2) is 18.2 Å². The predicted octanol–water partition coefficient (Wildman–Crippen LogP) is 4.44. The maximum atomic E-state index is 13.1. The second-order valence-corrected chi connectivity index (χ2v) is 6.71. The Balaban J connectivity index is 2.07. The minimum absolute atomic E-state index is 0.265. The summed E-state index contributed by atoms with van der Waals surface area (Å²) in [5.41, 5.74) is 1.47. The average Bonchev–Trinajstić information content (AvgIpc) is 2.96. The number of benzene rings is 1. The minimum Gasteiger partial charge on any atom is -0.313 e. The molecule has 0 bridgehead atoms. The second-order valence-electron chi connectivity index (χ2n) is 6.30. The van der Waals surface area contributed by atoms with E-state index in [1.807, 2.05) is 6.07 Å². The van der Waals surface area contributed by atoms with Crippen molar-refractivity contribution in [2.45, 2.75) is 46.1 Å². The molecule has 106 valence electrons. The van der Waals surface area contributed by atoms with Gasteiger partial charge in [-0.3, -0.25) is 0 Å². The Morgan fingerprint density at radius 1 is 1.47 bits per heavy atom. The van der Waals surface area contributed by atoms with E-state index >= 15 is 0 Å². The predicted molar refractivity (Wildman–Crippen MR) is 79.1 cm³/mol. The highest BCUT2D eigenvalue weighted by Crippen LogP contribution is 2.54. The molecule has 1 saturated carbocycles. The summed E-state index contributed by atoms with van der Waals surface area (Å²) in [5, 5.41) is 4.17. The lowest BCUT2D eigenvalue weighted by Gasteiger charge is -2.21. The van der Waals surface area contributed by atoms with Crippen LogP contribution < -0.4 is 5.32 Å². The van der Waals surface area contributed by atoms with E-state index in [2.05, 4.69) is 26.1 Å². The highest BCUT2D eigenvalue weighted by Gasteiger charge is 2.49. The van der Waals surface area contributed by atoms with Crippen LogP contribution in [0.4, 0.5) is 4.39 Å². The van der Waals surface area contributed by atoms with Gasteiger partial charge < -0.3 is 5.32 Å². The van der Waals surface area contributed by atoms with Crippen molar-refractivity contribution in [3.63, 3.8) is 0 Å². The van der Waals surface area contributed by atoms with Gasteiger partial charge in [-0.2, -0.15) is 0 Å². The van der Waals surface area contributed by atoms with Crippen LogP contribution in [0.25, 0.3) is 0 Å². The van der Waals surface area contributed by atoms with Crippen molar-refractivity contribution in [2.75, 3.05) is 6.54 Å². The lowest BCUT2D eigenvalue weighted by molar-refractivity contribution is 0.402. The molecule has 19 heavy (non-hydrogen) atoms. The first kappa shape index (κ1) is 14.8. The van der Waals surface area contributed by atoms with Crippen molar-refractivity contribution in [1.29, 1.82) is 0 Å². The normalized spacial score (nSPS) is 22.3. The van der Waals surface area contributed by atoms with Crippen molar-refractivity contribution in [2.24, 2.45) is 11.3 Å². The van der Waals surface area contributed by atoms with Crippen LogP contribution in [-0.2, 0) is 6.42 Å². The quantitative estimate of drug-likeness (QED) is 0.814. The molecule has 2 rings (SSSR count). The third-order valence-corrected chi connectivity index (χ3v) is 4.54. The zero-order chi connectivity index (χ0) is 14.0. The van der Waals surface area contributed by atoms with Gasteiger partial charge in [-0.05, 0) is 54.8 Å². The minimum atomic E-state index is -0.265. The molecular weight excluding hydrogens is 261 g/mol. The smallest absolute Gasteiger partial charge is 0.124 e. The van der Waals surface area contributed by atoms with Gasteiger partial charge in [0, 0.05) is 11.1 Å². The van der Waals surface area contributed by atoms with E-state index in [1.54, 1.807) is 0 Å². The molecule has 0 radical (unpaired) electrons. The molecule has 0 aromatic heterocycles. The molecule has 3 heteroatoms. The van der Waals surface area contributed by atoms with Gasteiger partial charge in [0.25, 0.3) is 0 Å². The van der Waals surface area contributed by atoms with E-state index in [0.717, 1.165) is 24.9 Å². The summed E-state index contributed by atoms with van der Waals surface area (Å²) in [7, 11) is 0. The molecule has 2 unspecified atom stereocenters. The molecule has 1 aromatic rings. The molecule has 0 aliphatic heterocycles. The molecule has 2 atom stereocenters. The van der Waals surface area contributed by atoms with Crippen LogP contribution >= 0.6 is 11.6 Å². The van der Waals surface area contributed by atoms with Gasteiger partial charge in [0.1, 0.15) is 5.82 Å². The standard InChI is InChI=1S/C16H23ClFN/c1-4-7-19-15(13-10-16(13,2)3)8-11-5-6-12(18)9-14(11)17/h5-6,9,13,15,19H,4,7-8,10H2,1-3H3. The maximum absolute atomic E-state index is 13.1. The number of hydrogen-bond acceptors (Lipinski definition) is 1. The number of rotatable bonds is 6. The molecule has 0 saturated heterocycles. The Morgan fingerprint density at radius 3 is 2.68 bits per heavy atom. The van der Waals surface area contributed by atoms with Gasteiger partial charge in [-0.1, -0.05) is 38.4 Å². The van der Waals surface area contributed by atoms with Gasteiger partial charge in [-0.15, -0.1) is 0 Å². The lowest BCUT2D eigenvalue weighted by Crippen LogP contribution is -2.35. The summed E-state index contributed by atoms with van der Waals surface area (Å²) in [4.78, 5) is 0. The molecule has 1 aliphatic carbocycles. The Kier molecular flexibility index (Phi) is 4.52. The summed E-state index contributed by atoms with van der Waals surface area (Å²) >= 11 is 6.14. The Bertz CT molecular complexity index is 444. The lowest BCUT2D eigenvalue weighted by atomic mass is 9.97. The van der Waals surface area contributed by atoms with Crippen molar-refractivity contribution < 1.29 is 4.39 Å². The van der Waals surface area contributed by atoms with Gasteiger partial charge in [0.2, 0.25) is 0 Å². The van der Waals surface area contributed by atoms with E-state index in [1.165, 1.54) is 18.6 Å². The van der Waals surface area contributed by atoms with Crippen LogP contribution in [-0.4, -0.2) is 12.6 Å². The van der Waals surface area contributed by atoms with E-state index < -0.39 is 0 Å². The second kappa shape index (κ2) is 5.80. The molecule has 1 N–H and O–H groups in total. The highest BCUT2D eigenvalue weighted by atomic mass is 35.5. The van der Waals surface area contributed by atoms with Crippen LogP contribution in [0, 0.1) is 17.2 Å². The summed E-state index contributed by atoms with van der Waals surface area (Å²) in [6, 6.07) is 5.16. The van der Waals surface area contributed by atoms with Gasteiger partial charge in [0.15, 0.2) is 0 Å². The molecule has 1 aromatic carbocycles. The fourth-order valence-corrected chi connectivity index (χ4v) is 3.05. The fraction of sp³-hybridized carbons (Fsp3) is 0.625. The van der Waals surface area contributed by atoms with Crippen molar-refractivity contribution in [1.82, 2.24) is 5.32 Å². The molecule has 0 amide bonds. The van der Waals surface area contributed by atoms with Crippen molar-refractivity contribution in [3.05, 3.63) is 34.6 Å². The molecule has 1 fully saturated rings. The summed E-state index contributed by atoms with van der Waals surface area (Å²) < 4.78 is 13.1. The summed E-state index contributed by atoms with van der Waals surface area (Å²) in [5.74, 6) is 0.429. The Labute approximate surface area is 120 Å². The number of hydrogen-bond donors (Lipinski definition) is 1. The highest BCUT2D eigenvalue weighted by molar-refractivity contribution is 6.31. The van der Waals surface area contributed by atoms with Crippen molar-refractivity contribution >= 4 is 11.6 Å². The number of nitrogens with one attached hydrogen (secondary N) is 1. The first-order valence-electron chi connectivity index (χ1n) is 7.11. The Hall–Kier alpha value is -0.600. The molecule has 0 heterocycles. The summed E-state index contributed by atoms with van der Waals surface area (Å²) in [6.07, 6.45) is 3.27. The number of halogens is 2. The molecular formula is C16H23ClFN. The van der Waals surface area contributed by atoms with E-state index in [4.69, 9.17) is 11.6 Å². The van der Waals surface area contributed by atoms with Crippen LogP contribution in [0.1, 0.15) is 39.2 Å². The Morgan fingerprint density at radius 2 is 2.16 bits per heavy atom. The zero-order valence-electron chi connectivity index (χ0n) is 12.0. The van der Waals surface area contributed by atoms with Gasteiger partial charge >= 0.3 is 0 Å². The SMILES string of the molecule is CCCNC(Cc1ccc(F)cc1Cl)C1CC1(C)C. The third-order valence-electron chi connectivity index (χ3n) is 4.19. The van der Waals surface area contributed by atoms with E-state index in [-0.39, 0.29) is 5.82 Å². The summed E-state index contributed by atoms with van der Waals surface area (Å²) in [6.45, 7) is 7.82. The van der Waals surface area contributed by atoms with Crippen LogP contribution in [0.2, 0.25) is 5.02 Å². The first-order valence-corrected chi connectivity index (χ1v) is 7.49. The zero-order valence-corrected chi connectivity index (χ0v) is 12.7. The van der Waals surface area contributed by atoms with Crippen LogP contribution in [0.5, 0.6) is 0 Å². The van der Waals surface area contributed by atoms with Crippen molar-refractivity contribution in [3.8, 4) is 0 Å². The topological polar surface area (TPSA) is 12.0 Å². The third kappa shape index (κ3) is 3.70. The van der Waals surface area contributed by atoms with Crippen LogP contribution in [0.3, 0.4) is 0 Å². The fourth-order valence-electron chi connectivity index (χ4n) is 2.81. The van der Waals surface area contributed by atoms with Gasteiger partial charge in [-0.25, -0.2) is 4.39 Å². The molecule has 0 spiro atoms. The molecule has 1 aliphatic rings. The molecule has 1 nitrogen and oxygen atoms in total.